The minimum atomic E-state index is -0.228. The molecule has 0 N–H and O–H groups in total. The summed E-state index contributed by atoms with van der Waals surface area (Å²) in [6, 6.07) is 14.8. The van der Waals surface area contributed by atoms with Crippen molar-refractivity contribution in [2.24, 2.45) is 0 Å². The zero-order valence-electron chi connectivity index (χ0n) is 17.8. The van der Waals surface area contributed by atoms with E-state index in [2.05, 4.69) is 15.2 Å². The first-order valence-corrected chi connectivity index (χ1v) is 10.2. The quantitative estimate of drug-likeness (QED) is 0.482. The molecule has 0 aliphatic carbocycles. The summed E-state index contributed by atoms with van der Waals surface area (Å²) in [6.45, 7) is 4.40. The second kappa shape index (κ2) is 8.51. The number of benzene rings is 2. The van der Waals surface area contributed by atoms with Crippen LogP contribution in [0.4, 0.5) is 0 Å². The third kappa shape index (κ3) is 3.84. The number of nitrogens with zero attached hydrogens (tertiary/aromatic N) is 6. The molecule has 1 atom stereocenters. The Hall–Kier alpha value is -3.81. The van der Waals surface area contributed by atoms with Gasteiger partial charge in [0.05, 0.1) is 17.1 Å². The summed E-state index contributed by atoms with van der Waals surface area (Å²) in [4.78, 5) is 31.7. The van der Waals surface area contributed by atoms with Crippen molar-refractivity contribution in [2.45, 2.75) is 32.9 Å². The number of aromatic nitrogens is 5. The highest BCUT2D eigenvalue weighted by Crippen LogP contribution is 2.23. The topological polar surface area (TPSA) is 85.9 Å². The fraction of sp³-hybridized carbons (Fsp3) is 0.261. The summed E-state index contributed by atoms with van der Waals surface area (Å²) in [5.41, 5.74) is 1.98. The Bertz CT molecular complexity index is 1260. The molecule has 158 valence electrons. The molecular formula is C23H24N6O2. The molecular weight excluding hydrogens is 392 g/mol. The minimum Gasteiger partial charge on any atom is -0.334 e. The second-order valence-electron chi connectivity index (χ2n) is 7.45. The standard InChI is InChI=1S/C23H24N6O2/c1-4-13-28-22(30)20-8-6-5-7-19(20)21(26-28)23(31)27(3)16(2)17-9-11-18(12-10-17)29-15-24-14-25-29/h5-12,14-16H,4,13H2,1-3H3/t16-/m0/s1. The summed E-state index contributed by atoms with van der Waals surface area (Å²) in [6.07, 6.45) is 3.87. The fourth-order valence-corrected chi connectivity index (χ4v) is 3.57. The molecule has 0 bridgehead atoms. The summed E-state index contributed by atoms with van der Waals surface area (Å²) in [7, 11) is 1.75. The van der Waals surface area contributed by atoms with Gasteiger partial charge in [-0.2, -0.15) is 10.2 Å². The average molecular weight is 416 g/mol. The van der Waals surface area contributed by atoms with Crippen LogP contribution in [-0.2, 0) is 6.54 Å². The third-order valence-corrected chi connectivity index (χ3v) is 5.47. The monoisotopic (exact) mass is 416 g/mol. The number of rotatable bonds is 6. The number of aryl methyl sites for hydroxylation is 1. The van der Waals surface area contributed by atoms with Crippen LogP contribution in [0.2, 0.25) is 0 Å². The second-order valence-corrected chi connectivity index (χ2v) is 7.45. The maximum atomic E-state index is 13.4. The van der Waals surface area contributed by atoms with Gasteiger partial charge in [-0.15, -0.1) is 0 Å². The third-order valence-electron chi connectivity index (χ3n) is 5.47. The van der Waals surface area contributed by atoms with Gasteiger partial charge in [0.25, 0.3) is 11.5 Å². The zero-order valence-corrected chi connectivity index (χ0v) is 17.8. The fourth-order valence-electron chi connectivity index (χ4n) is 3.57. The molecule has 1 amide bonds. The van der Waals surface area contributed by atoms with Crippen molar-refractivity contribution in [3.8, 4) is 5.69 Å². The van der Waals surface area contributed by atoms with E-state index in [9.17, 15) is 9.59 Å². The molecule has 8 heteroatoms. The van der Waals surface area contributed by atoms with Crippen LogP contribution in [0.25, 0.3) is 16.5 Å². The molecule has 31 heavy (non-hydrogen) atoms. The van der Waals surface area contributed by atoms with Crippen molar-refractivity contribution in [3.63, 3.8) is 0 Å². The maximum Gasteiger partial charge on any atom is 0.275 e. The lowest BCUT2D eigenvalue weighted by Gasteiger charge is -2.26. The van der Waals surface area contributed by atoms with Gasteiger partial charge in [0.15, 0.2) is 5.69 Å². The van der Waals surface area contributed by atoms with Crippen LogP contribution in [0.5, 0.6) is 0 Å². The van der Waals surface area contributed by atoms with E-state index in [4.69, 9.17) is 0 Å². The molecule has 0 saturated carbocycles. The number of hydrogen-bond donors (Lipinski definition) is 0. The molecule has 2 heterocycles. The number of carbonyl (C=O) groups is 1. The Morgan fingerprint density at radius 1 is 1.10 bits per heavy atom. The van der Waals surface area contributed by atoms with Gasteiger partial charge < -0.3 is 4.90 Å². The van der Waals surface area contributed by atoms with Gasteiger partial charge in [0, 0.05) is 19.0 Å². The first kappa shape index (κ1) is 20.5. The van der Waals surface area contributed by atoms with E-state index >= 15 is 0 Å². The largest absolute Gasteiger partial charge is 0.334 e. The van der Waals surface area contributed by atoms with Gasteiger partial charge in [-0.3, -0.25) is 9.59 Å². The number of hydrogen-bond acceptors (Lipinski definition) is 5. The minimum absolute atomic E-state index is 0.173. The lowest BCUT2D eigenvalue weighted by atomic mass is 10.1. The van der Waals surface area contributed by atoms with Gasteiger partial charge in [-0.05, 0) is 37.1 Å². The molecule has 0 radical (unpaired) electrons. The number of amides is 1. The highest BCUT2D eigenvalue weighted by atomic mass is 16.2. The lowest BCUT2D eigenvalue weighted by Crippen LogP contribution is -2.33. The Kier molecular flexibility index (Phi) is 5.62. The Labute approximate surface area is 179 Å². The molecule has 4 aromatic rings. The molecule has 0 aliphatic heterocycles. The first-order chi connectivity index (χ1) is 15.0. The molecule has 0 fully saturated rings. The van der Waals surface area contributed by atoms with Crippen molar-refractivity contribution < 1.29 is 4.79 Å². The van der Waals surface area contributed by atoms with Crippen LogP contribution < -0.4 is 5.56 Å². The number of carbonyl (C=O) groups excluding carboxylic acids is 1. The summed E-state index contributed by atoms with van der Waals surface area (Å²) in [5.74, 6) is -0.228. The van der Waals surface area contributed by atoms with Crippen molar-refractivity contribution >= 4 is 16.7 Å². The maximum absolute atomic E-state index is 13.4. The van der Waals surface area contributed by atoms with Crippen LogP contribution in [-0.4, -0.2) is 42.4 Å². The van der Waals surface area contributed by atoms with Gasteiger partial charge in [-0.25, -0.2) is 14.3 Å². The molecule has 2 aromatic carbocycles. The van der Waals surface area contributed by atoms with Crippen LogP contribution in [0.1, 0.15) is 42.4 Å². The van der Waals surface area contributed by atoms with E-state index in [0.717, 1.165) is 17.7 Å². The lowest BCUT2D eigenvalue weighted by molar-refractivity contribution is 0.0736. The normalized spacial score (nSPS) is 12.1. The first-order valence-electron chi connectivity index (χ1n) is 10.2. The van der Waals surface area contributed by atoms with E-state index in [-0.39, 0.29) is 23.2 Å². The smallest absolute Gasteiger partial charge is 0.275 e. The van der Waals surface area contributed by atoms with E-state index in [1.807, 2.05) is 44.2 Å². The molecule has 4 rings (SSSR count). The molecule has 8 nitrogen and oxygen atoms in total. The van der Waals surface area contributed by atoms with Gasteiger partial charge in [0.2, 0.25) is 0 Å². The van der Waals surface area contributed by atoms with Gasteiger partial charge >= 0.3 is 0 Å². The molecule has 0 spiro atoms. The summed E-state index contributed by atoms with van der Waals surface area (Å²) >= 11 is 0. The van der Waals surface area contributed by atoms with Crippen LogP contribution in [0.15, 0.2) is 66.0 Å². The van der Waals surface area contributed by atoms with Crippen molar-refractivity contribution in [1.82, 2.24) is 29.4 Å². The molecule has 0 aliphatic rings. The van der Waals surface area contributed by atoms with Crippen molar-refractivity contribution in [1.29, 1.82) is 0 Å². The SMILES string of the molecule is CCCn1nc(C(=O)N(C)[C@@H](C)c2ccc(-n3cncn3)cc2)c2ccccc2c1=O. The number of fused-ring (bicyclic) bond motifs is 1. The Morgan fingerprint density at radius 2 is 1.81 bits per heavy atom. The van der Waals surface area contributed by atoms with Crippen LogP contribution >= 0.6 is 0 Å². The highest BCUT2D eigenvalue weighted by Gasteiger charge is 2.24. The molecule has 0 saturated heterocycles. The molecule has 0 unspecified atom stereocenters. The van der Waals surface area contributed by atoms with Crippen molar-refractivity contribution in [2.75, 3.05) is 7.05 Å². The average Bonchev–Trinajstić information content (AvgIpc) is 3.35. The Balaban J connectivity index is 1.67. The van der Waals surface area contributed by atoms with Crippen LogP contribution in [0.3, 0.4) is 0 Å². The highest BCUT2D eigenvalue weighted by molar-refractivity contribution is 6.04. The predicted octanol–water partition coefficient (Wildman–Crippen LogP) is 3.22. The van der Waals surface area contributed by atoms with E-state index in [1.54, 1.807) is 41.2 Å². The summed E-state index contributed by atoms with van der Waals surface area (Å²) in [5, 5.41) is 9.64. The van der Waals surface area contributed by atoms with Gasteiger partial charge in [-0.1, -0.05) is 37.3 Å². The van der Waals surface area contributed by atoms with E-state index < -0.39 is 0 Å². The summed E-state index contributed by atoms with van der Waals surface area (Å²) < 4.78 is 3.07. The van der Waals surface area contributed by atoms with E-state index in [0.29, 0.717) is 17.3 Å². The molecule has 2 aromatic heterocycles. The zero-order chi connectivity index (χ0) is 22.0. The van der Waals surface area contributed by atoms with Crippen LogP contribution in [0, 0.1) is 0 Å². The van der Waals surface area contributed by atoms with E-state index in [1.165, 1.54) is 11.0 Å². The predicted molar refractivity (Wildman–Crippen MR) is 118 cm³/mol. The van der Waals surface area contributed by atoms with Crippen molar-refractivity contribution in [3.05, 3.63) is 82.8 Å². The Morgan fingerprint density at radius 3 is 2.45 bits per heavy atom. The van der Waals surface area contributed by atoms with Gasteiger partial charge in [0.1, 0.15) is 12.7 Å².